The highest BCUT2D eigenvalue weighted by Crippen LogP contribution is 2.19. The van der Waals surface area contributed by atoms with Gasteiger partial charge in [-0.15, -0.1) is 0 Å². The van der Waals surface area contributed by atoms with E-state index in [2.05, 4.69) is 11.0 Å². The lowest BCUT2D eigenvalue weighted by atomic mass is 10.2. The monoisotopic (exact) mass is 365 g/mol. The van der Waals surface area contributed by atoms with Crippen LogP contribution >= 0.6 is 11.6 Å². The first-order valence-corrected chi connectivity index (χ1v) is 8.89. The van der Waals surface area contributed by atoms with Gasteiger partial charge >= 0.3 is 0 Å². The van der Waals surface area contributed by atoms with Gasteiger partial charge in [-0.25, -0.2) is 4.39 Å². The van der Waals surface area contributed by atoms with Gasteiger partial charge in [0.25, 0.3) is 0 Å². The second-order valence-corrected chi connectivity index (χ2v) is 6.75. The highest BCUT2D eigenvalue weighted by molar-refractivity contribution is 6.30. The molecule has 6 heteroatoms. The van der Waals surface area contributed by atoms with E-state index in [1.807, 2.05) is 18.2 Å². The first-order chi connectivity index (χ1) is 12.1. The fraction of sp³-hybridized carbons (Fsp3) is 0.368. The summed E-state index contributed by atoms with van der Waals surface area (Å²) in [7, 11) is 0. The summed E-state index contributed by atoms with van der Waals surface area (Å²) in [5.41, 5.74) is 1.13. The number of ether oxygens (including phenoxy) is 1. The zero-order valence-electron chi connectivity index (χ0n) is 14.0. The van der Waals surface area contributed by atoms with Crippen molar-refractivity contribution in [3.05, 3.63) is 59.4 Å². The van der Waals surface area contributed by atoms with E-state index in [9.17, 15) is 9.50 Å². The molecule has 1 atom stereocenters. The van der Waals surface area contributed by atoms with Crippen LogP contribution in [0.4, 0.5) is 10.1 Å². The summed E-state index contributed by atoms with van der Waals surface area (Å²) < 4.78 is 18.9. The van der Waals surface area contributed by atoms with Crippen LogP contribution in [0.3, 0.4) is 0 Å². The lowest BCUT2D eigenvalue weighted by Crippen LogP contribution is -3.16. The smallest absolute Gasteiger partial charge is 0.165 e. The van der Waals surface area contributed by atoms with Crippen LogP contribution in [0, 0.1) is 5.82 Å². The van der Waals surface area contributed by atoms with Gasteiger partial charge in [0, 0.05) is 10.7 Å². The Hall–Kier alpha value is -1.82. The molecule has 2 aromatic rings. The average molecular weight is 366 g/mol. The van der Waals surface area contributed by atoms with Crippen LogP contribution < -0.4 is 14.5 Å². The number of rotatable bonds is 6. The van der Waals surface area contributed by atoms with E-state index in [0.29, 0.717) is 6.54 Å². The summed E-state index contributed by atoms with van der Waals surface area (Å²) in [6.45, 7) is 4.39. The first-order valence-electron chi connectivity index (χ1n) is 8.51. The summed E-state index contributed by atoms with van der Waals surface area (Å²) in [5, 5.41) is 10.9. The van der Waals surface area contributed by atoms with Crippen LogP contribution in [-0.4, -0.2) is 50.5 Å². The second-order valence-electron chi connectivity index (χ2n) is 6.32. The highest BCUT2D eigenvalue weighted by Gasteiger charge is 2.23. The molecule has 1 aliphatic rings. The lowest BCUT2D eigenvalue weighted by molar-refractivity contribution is -0.903. The van der Waals surface area contributed by atoms with Crippen LogP contribution in [0.25, 0.3) is 0 Å². The van der Waals surface area contributed by atoms with Crippen LogP contribution in [0.5, 0.6) is 5.75 Å². The fourth-order valence-electron chi connectivity index (χ4n) is 3.10. The van der Waals surface area contributed by atoms with Crippen molar-refractivity contribution in [3.63, 3.8) is 0 Å². The van der Waals surface area contributed by atoms with Gasteiger partial charge in [0.15, 0.2) is 11.6 Å². The lowest BCUT2D eigenvalue weighted by Gasteiger charge is -2.34. The van der Waals surface area contributed by atoms with Gasteiger partial charge in [0.1, 0.15) is 19.3 Å². The predicted octanol–water partition coefficient (Wildman–Crippen LogP) is 1.62. The normalized spacial score (nSPS) is 16.7. The number of anilines is 1. The molecule has 0 aliphatic carbocycles. The number of nitrogens with zero attached hydrogens (tertiary/aromatic N) is 1. The number of quaternary nitrogens is 1. The largest absolute Gasteiger partial charge is 0.488 e. The van der Waals surface area contributed by atoms with Crippen molar-refractivity contribution in [3.8, 4) is 5.75 Å². The molecule has 1 saturated heterocycles. The van der Waals surface area contributed by atoms with E-state index < -0.39 is 11.9 Å². The molecule has 25 heavy (non-hydrogen) atoms. The van der Waals surface area contributed by atoms with Crippen LogP contribution in [0.2, 0.25) is 5.02 Å². The summed E-state index contributed by atoms with van der Waals surface area (Å²) in [4.78, 5) is 3.63. The Kier molecular flexibility index (Phi) is 6.13. The number of nitrogens with one attached hydrogen (secondary N) is 1. The Labute approximate surface area is 152 Å². The Morgan fingerprint density at radius 1 is 1.16 bits per heavy atom. The zero-order chi connectivity index (χ0) is 17.6. The van der Waals surface area contributed by atoms with Crippen molar-refractivity contribution < 1.29 is 19.1 Å². The molecule has 0 bridgehead atoms. The molecule has 1 aliphatic heterocycles. The SMILES string of the molecule is O[C@H](COc1ccccc1F)C[NH+]1CCN(c2cccc(Cl)c2)CC1. The van der Waals surface area contributed by atoms with E-state index in [4.69, 9.17) is 16.3 Å². The van der Waals surface area contributed by atoms with Crippen molar-refractivity contribution in [2.45, 2.75) is 6.10 Å². The maximum absolute atomic E-state index is 13.5. The van der Waals surface area contributed by atoms with Crippen LogP contribution in [-0.2, 0) is 0 Å². The number of hydrogen-bond acceptors (Lipinski definition) is 3. The van der Waals surface area contributed by atoms with Crippen LogP contribution in [0.1, 0.15) is 0 Å². The van der Waals surface area contributed by atoms with E-state index in [0.717, 1.165) is 36.9 Å². The van der Waals surface area contributed by atoms with Gasteiger partial charge in [-0.2, -0.15) is 0 Å². The molecule has 2 aromatic carbocycles. The number of para-hydroxylation sites is 1. The Morgan fingerprint density at radius 2 is 1.92 bits per heavy atom. The molecule has 3 rings (SSSR count). The topological polar surface area (TPSA) is 37.1 Å². The number of hydrogen-bond donors (Lipinski definition) is 2. The minimum Gasteiger partial charge on any atom is -0.488 e. The van der Waals surface area contributed by atoms with Crippen molar-refractivity contribution in [2.24, 2.45) is 0 Å². The first kappa shape index (κ1) is 18.0. The average Bonchev–Trinajstić information content (AvgIpc) is 2.62. The summed E-state index contributed by atoms with van der Waals surface area (Å²) in [5.74, 6) is -0.223. The summed E-state index contributed by atoms with van der Waals surface area (Å²) >= 11 is 6.05. The maximum atomic E-state index is 13.5. The third kappa shape index (κ3) is 5.08. The number of piperazine rings is 1. The number of halogens is 2. The van der Waals surface area contributed by atoms with Gasteiger partial charge in [-0.3, -0.25) is 0 Å². The van der Waals surface area contributed by atoms with Gasteiger partial charge in [0.2, 0.25) is 0 Å². The molecule has 1 fully saturated rings. The predicted molar refractivity (Wildman–Crippen MR) is 97.1 cm³/mol. The van der Waals surface area contributed by atoms with E-state index in [1.165, 1.54) is 11.0 Å². The van der Waals surface area contributed by atoms with Gasteiger partial charge < -0.3 is 19.6 Å². The van der Waals surface area contributed by atoms with Crippen molar-refractivity contribution in [1.82, 2.24) is 0 Å². The molecular formula is C19H23ClFN2O2+. The molecule has 0 aromatic heterocycles. The molecule has 4 nitrogen and oxygen atoms in total. The molecule has 134 valence electrons. The molecule has 2 N–H and O–H groups in total. The second kappa shape index (κ2) is 8.52. The highest BCUT2D eigenvalue weighted by atomic mass is 35.5. The third-order valence-corrected chi connectivity index (χ3v) is 4.67. The Morgan fingerprint density at radius 3 is 2.64 bits per heavy atom. The van der Waals surface area contributed by atoms with Crippen molar-refractivity contribution >= 4 is 17.3 Å². The number of aliphatic hydroxyl groups is 1. The van der Waals surface area contributed by atoms with E-state index in [1.54, 1.807) is 18.2 Å². The van der Waals surface area contributed by atoms with Gasteiger partial charge in [-0.1, -0.05) is 29.8 Å². The Bertz CT molecular complexity index is 693. The molecule has 0 unspecified atom stereocenters. The summed E-state index contributed by atoms with van der Waals surface area (Å²) in [6.07, 6.45) is -0.618. The molecule has 1 heterocycles. The van der Waals surface area contributed by atoms with Gasteiger partial charge in [0.05, 0.1) is 26.2 Å². The Balaban J connectivity index is 1.43. The number of benzene rings is 2. The minimum atomic E-state index is -0.618. The quantitative estimate of drug-likeness (QED) is 0.817. The van der Waals surface area contributed by atoms with E-state index in [-0.39, 0.29) is 12.4 Å². The van der Waals surface area contributed by atoms with Crippen LogP contribution in [0.15, 0.2) is 48.5 Å². The van der Waals surface area contributed by atoms with Crippen molar-refractivity contribution in [1.29, 1.82) is 0 Å². The van der Waals surface area contributed by atoms with Gasteiger partial charge in [-0.05, 0) is 30.3 Å². The summed E-state index contributed by atoms with van der Waals surface area (Å²) in [6, 6.07) is 14.1. The molecule has 0 amide bonds. The molecule has 0 spiro atoms. The number of aliphatic hydroxyl groups excluding tert-OH is 1. The molecular weight excluding hydrogens is 343 g/mol. The fourth-order valence-corrected chi connectivity index (χ4v) is 3.28. The molecule has 0 saturated carbocycles. The van der Waals surface area contributed by atoms with Crippen molar-refractivity contribution in [2.75, 3.05) is 44.2 Å². The zero-order valence-corrected chi connectivity index (χ0v) is 14.8. The third-order valence-electron chi connectivity index (χ3n) is 4.44. The van der Waals surface area contributed by atoms with E-state index >= 15 is 0 Å². The minimum absolute atomic E-state index is 0.0996. The maximum Gasteiger partial charge on any atom is 0.165 e. The molecule has 0 radical (unpaired) electrons. The standard InChI is InChI=1S/C19H22ClFN2O2/c20-15-4-3-5-16(12-15)23-10-8-22(9-11-23)13-17(24)14-25-19-7-2-1-6-18(19)21/h1-7,12,17,24H,8-11,13-14H2/p+1/t17-/m0/s1.